The van der Waals surface area contributed by atoms with Crippen molar-refractivity contribution >= 4 is 11.9 Å². The average Bonchev–Trinajstić information content (AvgIpc) is 2.65. The Morgan fingerprint density at radius 1 is 0.760 bits per heavy atom. The van der Waals surface area contributed by atoms with Crippen LogP contribution in [0.15, 0.2) is 60.7 Å². The minimum absolute atomic E-state index is 0.132. The number of carbonyl (C=O) groups is 2. The topological polar surface area (TPSA) is 61.8 Å². The van der Waals surface area contributed by atoms with Crippen molar-refractivity contribution < 1.29 is 23.8 Å². The molecule has 2 aromatic carbocycles. The summed E-state index contributed by atoms with van der Waals surface area (Å²) in [6.07, 6.45) is -0.703. The standard InChI is InChI=1S/C20H22O5/c1-15(13-24-19(21)17-9-5-3-6-10-17)23-14-16(2)25-20(22)18-11-7-4-8-12-18/h3-12,15-16H,13-14H2,1-2H3/t15-,16+/m0/s1. The van der Waals surface area contributed by atoms with E-state index >= 15 is 0 Å². The van der Waals surface area contributed by atoms with Crippen LogP contribution in [0, 0.1) is 0 Å². The number of rotatable bonds is 8. The molecule has 0 aliphatic heterocycles. The average molecular weight is 342 g/mol. The van der Waals surface area contributed by atoms with Gasteiger partial charge in [0.25, 0.3) is 0 Å². The lowest BCUT2D eigenvalue weighted by atomic mass is 10.2. The van der Waals surface area contributed by atoms with Gasteiger partial charge < -0.3 is 14.2 Å². The smallest absolute Gasteiger partial charge is 0.338 e. The Bertz CT molecular complexity index is 669. The molecule has 5 heteroatoms. The van der Waals surface area contributed by atoms with Gasteiger partial charge in [-0.3, -0.25) is 0 Å². The number of hydrogen-bond acceptors (Lipinski definition) is 5. The first-order chi connectivity index (χ1) is 12.1. The summed E-state index contributed by atoms with van der Waals surface area (Å²) in [6.45, 7) is 3.91. The molecular weight excluding hydrogens is 320 g/mol. The zero-order valence-electron chi connectivity index (χ0n) is 14.4. The second kappa shape index (κ2) is 9.59. The number of benzene rings is 2. The van der Waals surface area contributed by atoms with Crippen LogP contribution in [0.3, 0.4) is 0 Å². The number of hydrogen-bond donors (Lipinski definition) is 0. The lowest BCUT2D eigenvalue weighted by Crippen LogP contribution is -2.26. The van der Waals surface area contributed by atoms with Gasteiger partial charge in [-0.2, -0.15) is 0 Å². The molecule has 0 amide bonds. The number of ether oxygens (including phenoxy) is 3. The van der Waals surface area contributed by atoms with E-state index in [9.17, 15) is 9.59 Å². The zero-order chi connectivity index (χ0) is 18.1. The summed E-state index contributed by atoms with van der Waals surface area (Å²) < 4.78 is 16.1. The van der Waals surface area contributed by atoms with Gasteiger partial charge in [-0.25, -0.2) is 9.59 Å². The van der Waals surface area contributed by atoms with Gasteiger partial charge in [0.15, 0.2) is 0 Å². The maximum absolute atomic E-state index is 11.9. The fourth-order valence-corrected chi connectivity index (χ4v) is 2.06. The maximum Gasteiger partial charge on any atom is 0.338 e. The van der Waals surface area contributed by atoms with Crippen molar-refractivity contribution in [3.05, 3.63) is 71.8 Å². The van der Waals surface area contributed by atoms with Crippen LogP contribution in [0.4, 0.5) is 0 Å². The monoisotopic (exact) mass is 342 g/mol. The van der Waals surface area contributed by atoms with Crippen molar-refractivity contribution in [1.29, 1.82) is 0 Å². The highest BCUT2D eigenvalue weighted by atomic mass is 16.6. The molecule has 0 saturated heterocycles. The van der Waals surface area contributed by atoms with Crippen molar-refractivity contribution in [1.82, 2.24) is 0 Å². The van der Waals surface area contributed by atoms with E-state index in [0.717, 1.165) is 0 Å². The molecule has 0 heterocycles. The highest BCUT2D eigenvalue weighted by Gasteiger charge is 2.14. The third-order valence-corrected chi connectivity index (χ3v) is 3.39. The molecule has 0 aromatic heterocycles. The van der Waals surface area contributed by atoms with E-state index in [0.29, 0.717) is 11.1 Å². The lowest BCUT2D eigenvalue weighted by molar-refractivity contribution is -0.0379. The summed E-state index contributed by atoms with van der Waals surface area (Å²) in [7, 11) is 0. The molecule has 0 unspecified atom stereocenters. The van der Waals surface area contributed by atoms with Gasteiger partial charge in [0.1, 0.15) is 12.7 Å². The van der Waals surface area contributed by atoms with Crippen LogP contribution in [0.5, 0.6) is 0 Å². The SMILES string of the molecule is C[C@H](CO[C@@H](C)COC(=O)c1ccccc1)OC(=O)c1ccccc1. The van der Waals surface area contributed by atoms with E-state index in [1.165, 1.54) is 0 Å². The largest absolute Gasteiger partial charge is 0.459 e. The second-order valence-electron chi connectivity index (χ2n) is 5.69. The molecule has 0 N–H and O–H groups in total. The Morgan fingerprint density at radius 3 is 1.84 bits per heavy atom. The third-order valence-electron chi connectivity index (χ3n) is 3.39. The van der Waals surface area contributed by atoms with Gasteiger partial charge >= 0.3 is 11.9 Å². The third kappa shape index (κ3) is 6.39. The summed E-state index contributed by atoms with van der Waals surface area (Å²) in [5.41, 5.74) is 0.999. The lowest BCUT2D eigenvalue weighted by Gasteiger charge is -2.17. The molecule has 132 valence electrons. The molecular formula is C20H22O5. The van der Waals surface area contributed by atoms with Crippen molar-refractivity contribution in [2.24, 2.45) is 0 Å². The van der Waals surface area contributed by atoms with Crippen LogP contribution < -0.4 is 0 Å². The predicted molar refractivity (Wildman–Crippen MR) is 93.5 cm³/mol. The van der Waals surface area contributed by atoms with Crippen LogP contribution in [0.2, 0.25) is 0 Å². The summed E-state index contributed by atoms with van der Waals surface area (Å²) in [5, 5.41) is 0. The van der Waals surface area contributed by atoms with Crippen LogP contribution >= 0.6 is 0 Å². The van der Waals surface area contributed by atoms with E-state index in [-0.39, 0.29) is 31.3 Å². The molecule has 0 saturated carbocycles. The van der Waals surface area contributed by atoms with Gasteiger partial charge in [-0.1, -0.05) is 36.4 Å². The van der Waals surface area contributed by atoms with Gasteiger partial charge in [0.2, 0.25) is 0 Å². The van der Waals surface area contributed by atoms with Crippen molar-refractivity contribution in [2.45, 2.75) is 26.1 Å². The molecule has 0 aliphatic rings. The Kier molecular flexibility index (Phi) is 7.16. The van der Waals surface area contributed by atoms with Crippen LogP contribution in [-0.2, 0) is 14.2 Å². The number of esters is 2. The fourth-order valence-electron chi connectivity index (χ4n) is 2.06. The first-order valence-corrected chi connectivity index (χ1v) is 8.16. The van der Waals surface area contributed by atoms with Gasteiger partial charge in [0.05, 0.1) is 23.8 Å². The Hall–Kier alpha value is -2.66. The van der Waals surface area contributed by atoms with Crippen LogP contribution in [0.1, 0.15) is 34.6 Å². The first-order valence-electron chi connectivity index (χ1n) is 8.16. The maximum atomic E-state index is 11.9. The molecule has 5 nitrogen and oxygen atoms in total. The van der Waals surface area contributed by atoms with Crippen molar-refractivity contribution in [2.75, 3.05) is 13.2 Å². The Labute approximate surface area is 147 Å². The summed E-state index contributed by atoms with van der Waals surface area (Å²) in [6, 6.07) is 17.6. The first kappa shape index (κ1) is 18.7. The molecule has 0 fully saturated rings. The minimum Gasteiger partial charge on any atom is -0.459 e. The Balaban J connectivity index is 1.68. The molecule has 0 spiro atoms. The summed E-state index contributed by atoms with van der Waals surface area (Å²) in [4.78, 5) is 23.8. The van der Waals surface area contributed by atoms with E-state index in [1.807, 2.05) is 12.1 Å². The minimum atomic E-state index is -0.403. The quantitative estimate of drug-likeness (QED) is 0.687. The van der Waals surface area contributed by atoms with Gasteiger partial charge in [-0.05, 0) is 38.1 Å². The highest BCUT2D eigenvalue weighted by molar-refractivity contribution is 5.89. The van der Waals surface area contributed by atoms with Gasteiger partial charge in [0, 0.05) is 0 Å². The second-order valence-corrected chi connectivity index (χ2v) is 5.69. The molecule has 2 aromatic rings. The van der Waals surface area contributed by atoms with E-state index in [2.05, 4.69) is 0 Å². The van der Waals surface area contributed by atoms with E-state index in [1.54, 1.807) is 62.4 Å². The predicted octanol–water partition coefficient (Wildman–Crippen LogP) is 3.49. The summed E-state index contributed by atoms with van der Waals surface area (Å²) >= 11 is 0. The van der Waals surface area contributed by atoms with Crippen molar-refractivity contribution in [3.63, 3.8) is 0 Å². The van der Waals surface area contributed by atoms with E-state index in [4.69, 9.17) is 14.2 Å². The molecule has 2 atom stereocenters. The molecule has 25 heavy (non-hydrogen) atoms. The fraction of sp³-hybridized carbons (Fsp3) is 0.300. The van der Waals surface area contributed by atoms with Gasteiger partial charge in [-0.15, -0.1) is 0 Å². The van der Waals surface area contributed by atoms with Crippen molar-refractivity contribution in [3.8, 4) is 0 Å². The summed E-state index contributed by atoms with van der Waals surface area (Å²) in [5.74, 6) is -0.778. The van der Waals surface area contributed by atoms with E-state index < -0.39 is 6.10 Å². The van der Waals surface area contributed by atoms with Crippen LogP contribution in [0.25, 0.3) is 0 Å². The number of carbonyl (C=O) groups excluding carboxylic acids is 2. The van der Waals surface area contributed by atoms with Crippen LogP contribution in [-0.4, -0.2) is 37.4 Å². The molecule has 0 radical (unpaired) electrons. The molecule has 0 bridgehead atoms. The molecule has 2 rings (SSSR count). The highest BCUT2D eigenvalue weighted by Crippen LogP contribution is 2.06. The molecule has 0 aliphatic carbocycles. The zero-order valence-corrected chi connectivity index (χ0v) is 14.4. The normalized spacial score (nSPS) is 12.9. The Morgan fingerprint density at radius 2 is 1.28 bits per heavy atom.